The Labute approximate surface area is 109 Å². The molecule has 3 unspecified atom stereocenters. The van der Waals surface area contributed by atoms with Crippen molar-refractivity contribution in [1.82, 2.24) is 0 Å². The second-order valence-electron chi connectivity index (χ2n) is 6.54. The Morgan fingerprint density at radius 2 is 2.12 bits per heavy atom. The Hall–Kier alpha value is -0.340. The van der Waals surface area contributed by atoms with Crippen LogP contribution < -0.4 is 0 Å². The van der Waals surface area contributed by atoms with E-state index in [1.165, 1.54) is 18.4 Å². The number of aliphatic hydroxyl groups excluding tert-OH is 1. The van der Waals surface area contributed by atoms with Crippen molar-refractivity contribution in [3.05, 3.63) is 22.4 Å². The number of hydrogen-bond acceptors (Lipinski definition) is 2. The molecule has 2 heteroatoms. The molecule has 0 amide bonds. The lowest BCUT2D eigenvalue weighted by Gasteiger charge is -2.40. The maximum absolute atomic E-state index is 10.2. The maximum Gasteiger partial charge on any atom is 0.0571 e. The van der Waals surface area contributed by atoms with E-state index in [-0.39, 0.29) is 6.10 Å². The van der Waals surface area contributed by atoms with Gasteiger partial charge in [-0.15, -0.1) is 0 Å². The summed E-state index contributed by atoms with van der Waals surface area (Å²) < 4.78 is 0. The Bertz CT molecular complexity index is 336. The van der Waals surface area contributed by atoms with Crippen molar-refractivity contribution in [1.29, 1.82) is 0 Å². The standard InChI is InChI=1S/C15H24OS/c1-15(2,3)13-4-5-14(16)12(9-13)8-11-6-7-17-10-11/h6-7,10,12-14,16H,4-5,8-9H2,1-3H3. The minimum Gasteiger partial charge on any atom is -0.393 e. The minimum atomic E-state index is -0.0894. The lowest BCUT2D eigenvalue weighted by atomic mass is 9.67. The topological polar surface area (TPSA) is 20.2 Å². The van der Waals surface area contributed by atoms with Gasteiger partial charge >= 0.3 is 0 Å². The third-order valence-corrected chi connectivity index (χ3v) is 4.98. The molecule has 0 spiro atoms. The van der Waals surface area contributed by atoms with Gasteiger partial charge in [0.2, 0.25) is 0 Å². The summed E-state index contributed by atoms with van der Waals surface area (Å²) in [5.74, 6) is 1.22. The Morgan fingerprint density at radius 3 is 2.71 bits per heavy atom. The average molecular weight is 252 g/mol. The van der Waals surface area contributed by atoms with E-state index in [2.05, 4.69) is 37.6 Å². The zero-order valence-electron chi connectivity index (χ0n) is 11.1. The summed E-state index contributed by atoms with van der Waals surface area (Å²) in [5, 5.41) is 14.5. The highest BCUT2D eigenvalue weighted by Crippen LogP contribution is 2.41. The predicted molar refractivity (Wildman–Crippen MR) is 74.3 cm³/mol. The normalized spacial score (nSPS) is 30.5. The first-order chi connectivity index (χ1) is 7.97. The molecule has 1 saturated carbocycles. The summed E-state index contributed by atoms with van der Waals surface area (Å²) >= 11 is 1.75. The van der Waals surface area contributed by atoms with Gasteiger partial charge in [-0.1, -0.05) is 20.8 Å². The zero-order chi connectivity index (χ0) is 12.5. The SMILES string of the molecule is CC(C)(C)C1CCC(O)C(Cc2ccsc2)C1. The molecule has 1 nitrogen and oxygen atoms in total. The van der Waals surface area contributed by atoms with E-state index in [4.69, 9.17) is 0 Å². The molecule has 0 aliphatic heterocycles. The molecule has 0 radical (unpaired) electrons. The molecule has 1 N–H and O–H groups in total. The van der Waals surface area contributed by atoms with Crippen molar-refractivity contribution in [3.8, 4) is 0 Å². The molecule has 0 saturated heterocycles. The maximum atomic E-state index is 10.2. The largest absolute Gasteiger partial charge is 0.393 e. The molecule has 2 rings (SSSR count). The second-order valence-corrected chi connectivity index (χ2v) is 7.32. The monoisotopic (exact) mass is 252 g/mol. The summed E-state index contributed by atoms with van der Waals surface area (Å²) in [6.07, 6.45) is 4.31. The van der Waals surface area contributed by atoms with Crippen LogP contribution in [0.4, 0.5) is 0 Å². The summed E-state index contributed by atoms with van der Waals surface area (Å²) in [6, 6.07) is 2.19. The predicted octanol–water partition coefficient (Wildman–Crippen LogP) is 4.11. The highest BCUT2D eigenvalue weighted by Gasteiger charge is 2.34. The smallest absolute Gasteiger partial charge is 0.0571 e. The quantitative estimate of drug-likeness (QED) is 0.839. The van der Waals surface area contributed by atoms with Crippen molar-refractivity contribution in [2.75, 3.05) is 0 Å². The van der Waals surface area contributed by atoms with Gasteiger partial charge in [-0.3, -0.25) is 0 Å². The van der Waals surface area contributed by atoms with E-state index in [0.717, 1.165) is 18.8 Å². The van der Waals surface area contributed by atoms with Crippen LogP contribution in [-0.4, -0.2) is 11.2 Å². The molecule has 1 heterocycles. The fourth-order valence-electron chi connectivity index (χ4n) is 2.97. The van der Waals surface area contributed by atoms with Gasteiger partial charge in [0.25, 0.3) is 0 Å². The van der Waals surface area contributed by atoms with Crippen LogP contribution >= 0.6 is 11.3 Å². The number of rotatable bonds is 2. The summed E-state index contributed by atoms with van der Waals surface area (Å²) in [7, 11) is 0. The number of aliphatic hydroxyl groups is 1. The van der Waals surface area contributed by atoms with Crippen LogP contribution in [0.5, 0.6) is 0 Å². The van der Waals surface area contributed by atoms with E-state index in [1.807, 2.05) is 0 Å². The molecule has 0 bridgehead atoms. The molecule has 1 aromatic rings. The number of hydrogen-bond donors (Lipinski definition) is 1. The van der Waals surface area contributed by atoms with E-state index in [0.29, 0.717) is 11.3 Å². The molecule has 1 aromatic heterocycles. The van der Waals surface area contributed by atoms with Gasteiger partial charge in [0.1, 0.15) is 0 Å². The van der Waals surface area contributed by atoms with Gasteiger partial charge in [-0.05, 0) is 65.3 Å². The van der Waals surface area contributed by atoms with Crippen molar-refractivity contribution >= 4 is 11.3 Å². The second kappa shape index (κ2) is 5.11. The van der Waals surface area contributed by atoms with E-state index in [1.54, 1.807) is 11.3 Å². The van der Waals surface area contributed by atoms with Crippen molar-refractivity contribution in [3.63, 3.8) is 0 Å². The molecule has 1 aliphatic carbocycles. The first kappa shape index (κ1) is 13.1. The minimum absolute atomic E-state index is 0.0894. The molecular formula is C15H24OS. The first-order valence-electron chi connectivity index (χ1n) is 6.66. The van der Waals surface area contributed by atoms with Crippen LogP contribution in [0.15, 0.2) is 16.8 Å². The third-order valence-electron chi connectivity index (χ3n) is 4.25. The lowest BCUT2D eigenvalue weighted by Crippen LogP contribution is -2.35. The molecule has 1 aliphatic rings. The van der Waals surface area contributed by atoms with Crippen LogP contribution in [0.25, 0.3) is 0 Å². The molecular weight excluding hydrogens is 228 g/mol. The fraction of sp³-hybridized carbons (Fsp3) is 0.733. The van der Waals surface area contributed by atoms with Gasteiger partial charge in [0.05, 0.1) is 6.10 Å². The van der Waals surface area contributed by atoms with E-state index < -0.39 is 0 Å². The van der Waals surface area contributed by atoms with Crippen molar-refractivity contribution in [2.24, 2.45) is 17.3 Å². The van der Waals surface area contributed by atoms with Crippen LogP contribution in [-0.2, 0) is 6.42 Å². The third kappa shape index (κ3) is 3.32. The summed E-state index contributed by atoms with van der Waals surface area (Å²) in [5.41, 5.74) is 1.78. The molecule has 0 aromatic carbocycles. The molecule has 3 atom stereocenters. The summed E-state index contributed by atoms with van der Waals surface area (Å²) in [4.78, 5) is 0. The van der Waals surface area contributed by atoms with E-state index >= 15 is 0 Å². The fourth-order valence-corrected chi connectivity index (χ4v) is 3.65. The van der Waals surface area contributed by atoms with Gasteiger partial charge in [-0.2, -0.15) is 11.3 Å². The van der Waals surface area contributed by atoms with Gasteiger partial charge < -0.3 is 5.11 Å². The molecule has 17 heavy (non-hydrogen) atoms. The van der Waals surface area contributed by atoms with Crippen LogP contribution in [0, 0.1) is 17.3 Å². The van der Waals surface area contributed by atoms with Crippen LogP contribution in [0.3, 0.4) is 0 Å². The Kier molecular flexibility index (Phi) is 3.94. The zero-order valence-corrected chi connectivity index (χ0v) is 12.0. The molecule has 1 fully saturated rings. The van der Waals surface area contributed by atoms with E-state index in [9.17, 15) is 5.11 Å². The summed E-state index contributed by atoms with van der Waals surface area (Å²) in [6.45, 7) is 6.99. The van der Waals surface area contributed by atoms with Gasteiger partial charge in [-0.25, -0.2) is 0 Å². The van der Waals surface area contributed by atoms with Gasteiger partial charge in [0.15, 0.2) is 0 Å². The first-order valence-corrected chi connectivity index (χ1v) is 7.60. The van der Waals surface area contributed by atoms with Crippen molar-refractivity contribution < 1.29 is 5.11 Å². The Balaban J connectivity index is 2.00. The lowest BCUT2D eigenvalue weighted by molar-refractivity contribution is 0.0197. The van der Waals surface area contributed by atoms with Crippen molar-refractivity contribution in [2.45, 2.75) is 52.6 Å². The molecule has 96 valence electrons. The Morgan fingerprint density at radius 1 is 1.35 bits per heavy atom. The van der Waals surface area contributed by atoms with Gasteiger partial charge in [0, 0.05) is 0 Å². The van der Waals surface area contributed by atoms with Crippen LogP contribution in [0.1, 0.15) is 45.6 Å². The highest BCUT2D eigenvalue weighted by molar-refractivity contribution is 7.07. The number of thiophene rings is 1. The average Bonchev–Trinajstić information content (AvgIpc) is 2.72. The van der Waals surface area contributed by atoms with Crippen LogP contribution in [0.2, 0.25) is 0 Å². The highest BCUT2D eigenvalue weighted by atomic mass is 32.1.